The molecule has 0 N–H and O–H groups in total. The van der Waals surface area contributed by atoms with E-state index in [0.29, 0.717) is 25.1 Å². The van der Waals surface area contributed by atoms with Gasteiger partial charge in [0, 0.05) is 30.1 Å². The van der Waals surface area contributed by atoms with Crippen molar-refractivity contribution in [3.8, 4) is 11.1 Å². The van der Waals surface area contributed by atoms with Crippen LogP contribution in [0.2, 0.25) is 0 Å². The van der Waals surface area contributed by atoms with Gasteiger partial charge in [0.2, 0.25) is 0 Å². The number of Topliss-reactive ketones (excluding diaryl/α,β-unsaturated/α-hetero) is 1. The van der Waals surface area contributed by atoms with Crippen LogP contribution >= 0.6 is 0 Å². The van der Waals surface area contributed by atoms with Gasteiger partial charge in [0.15, 0.2) is 5.78 Å². The number of hydrogen-bond donors (Lipinski definition) is 0. The molecule has 1 aliphatic carbocycles. The minimum Gasteiger partial charge on any atom is -0.448 e. The summed E-state index contributed by atoms with van der Waals surface area (Å²) in [6.07, 6.45) is 4.66. The molecule has 2 bridgehead atoms. The molecular formula is C28H26N2O3. The predicted molar refractivity (Wildman–Crippen MR) is 125 cm³/mol. The summed E-state index contributed by atoms with van der Waals surface area (Å²) in [7, 11) is 0. The van der Waals surface area contributed by atoms with Crippen LogP contribution in [0.25, 0.3) is 11.1 Å². The molecule has 0 spiro atoms. The second-order valence-corrected chi connectivity index (χ2v) is 9.34. The first kappa shape index (κ1) is 20.2. The van der Waals surface area contributed by atoms with Crippen molar-refractivity contribution in [1.82, 2.24) is 9.88 Å². The minimum absolute atomic E-state index is 0.0577. The average molecular weight is 439 g/mol. The second-order valence-electron chi connectivity index (χ2n) is 9.34. The van der Waals surface area contributed by atoms with Gasteiger partial charge in [-0.3, -0.25) is 9.78 Å². The Kier molecular flexibility index (Phi) is 4.97. The lowest BCUT2D eigenvalue weighted by Crippen LogP contribution is -2.48. The zero-order valence-corrected chi connectivity index (χ0v) is 18.4. The lowest BCUT2D eigenvalue weighted by atomic mass is 9.86. The maximum atomic E-state index is 13.2. The van der Waals surface area contributed by atoms with Crippen LogP contribution in [0.5, 0.6) is 0 Å². The summed E-state index contributed by atoms with van der Waals surface area (Å²) in [6, 6.07) is 22.3. The van der Waals surface area contributed by atoms with E-state index >= 15 is 0 Å². The Morgan fingerprint density at radius 2 is 1.45 bits per heavy atom. The van der Waals surface area contributed by atoms with Crippen molar-refractivity contribution in [3.63, 3.8) is 0 Å². The van der Waals surface area contributed by atoms with Gasteiger partial charge in [-0.05, 0) is 60.1 Å². The fraction of sp³-hybridized carbons (Fsp3) is 0.321. The van der Waals surface area contributed by atoms with Crippen molar-refractivity contribution in [1.29, 1.82) is 0 Å². The Hall–Kier alpha value is -3.47. The monoisotopic (exact) mass is 438 g/mol. The van der Waals surface area contributed by atoms with E-state index < -0.39 is 0 Å². The molecular weight excluding hydrogens is 412 g/mol. The number of fused-ring (bicyclic) bond motifs is 5. The van der Waals surface area contributed by atoms with Gasteiger partial charge in [-0.1, -0.05) is 54.6 Å². The van der Waals surface area contributed by atoms with Crippen molar-refractivity contribution in [2.24, 2.45) is 5.92 Å². The number of benzene rings is 2. The largest absolute Gasteiger partial charge is 0.448 e. The highest BCUT2D eigenvalue weighted by atomic mass is 16.6. The Bertz CT molecular complexity index is 1150. The predicted octanol–water partition coefficient (Wildman–Crippen LogP) is 5.46. The molecule has 1 aromatic heterocycles. The lowest BCUT2D eigenvalue weighted by Gasteiger charge is -2.37. The third-order valence-electron chi connectivity index (χ3n) is 7.57. The van der Waals surface area contributed by atoms with E-state index in [1.54, 1.807) is 12.3 Å². The van der Waals surface area contributed by atoms with Gasteiger partial charge in [0.1, 0.15) is 12.3 Å². The van der Waals surface area contributed by atoms with Crippen LogP contribution in [0.1, 0.15) is 53.2 Å². The van der Waals surface area contributed by atoms with Crippen LogP contribution in [0.4, 0.5) is 4.79 Å². The molecule has 0 radical (unpaired) electrons. The summed E-state index contributed by atoms with van der Waals surface area (Å²) in [6.45, 7) is 0.332. The highest BCUT2D eigenvalue weighted by molar-refractivity contribution is 5.96. The van der Waals surface area contributed by atoms with Gasteiger partial charge < -0.3 is 9.64 Å². The maximum absolute atomic E-state index is 13.2. The molecule has 166 valence electrons. The van der Waals surface area contributed by atoms with Crippen molar-refractivity contribution < 1.29 is 14.3 Å². The zero-order valence-electron chi connectivity index (χ0n) is 18.4. The number of carbonyl (C=O) groups is 2. The Balaban J connectivity index is 1.15. The number of aromatic nitrogens is 1. The number of nitrogens with zero attached hydrogens (tertiary/aromatic N) is 2. The molecule has 2 aliphatic heterocycles. The quantitative estimate of drug-likeness (QED) is 0.508. The van der Waals surface area contributed by atoms with Gasteiger partial charge in [0.25, 0.3) is 0 Å². The van der Waals surface area contributed by atoms with Crippen LogP contribution < -0.4 is 0 Å². The number of hydrogen-bond acceptors (Lipinski definition) is 4. The molecule has 3 heterocycles. The van der Waals surface area contributed by atoms with Gasteiger partial charge in [-0.15, -0.1) is 0 Å². The third kappa shape index (κ3) is 3.43. The maximum Gasteiger partial charge on any atom is 0.410 e. The number of pyridine rings is 1. The molecule has 6 rings (SSSR count). The molecule has 2 aromatic carbocycles. The number of piperidine rings is 1. The van der Waals surface area contributed by atoms with Gasteiger partial charge in [-0.2, -0.15) is 0 Å². The molecule has 2 saturated heterocycles. The summed E-state index contributed by atoms with van der Waals surface area (Å²) in [5.41, 5.74) is 5.41. The van der Waals surface area contributed by atoms with Crippen molar-refractivity contribution >= 4 is 11.9 Å². The SMILES string of the molecule is O=C(c1ccccn1)C1CC2CCC(C1)N2C(=O)OCC1c2ccccc2-c2ccccc21. The first-order valence-electron chi connectivity index (χ1n) is 11.8. The summed E-state index contributed by atoms with van der Waals surface area (Å²) in [5, 5.41) is 0. The summed E-state index contributed by atoms with van der Waals surface area (Å²) < 4.78 is 5.93. The standard InChI is InChI=1S/C28H26N2O3/c31-27(26-11-5-6-14-29-26)18-15-19-12-13-20(16-18)30(19)28(32)33-17-25-23-9-3-1-7-21(23)22-8-2-4-10-24(22)25/h1-11,14,18-20,25H,12-13,15-17H2. The first-order chi connectivity index (χ1) is 16.2. The highest BCUT2D eigenvalue weighted by Gasteiger charge is 2.46. The van der Waals surface area contributed by atoms with E-state index in [1.165, 1.54) is 22.3 Å². The Labute approximate surface area is 193 Å². The molecule has 33 heavy (non-hydrogen) atoms. The second kappa shape index (κ2) is 8.14. The summed E-state index contributed by atoms with van der Waals surface area (Å²) >= 11 is 0. The zero-order chi connectivity index (χ0) is 22.4. The third-order valence-corrected chi connectivity index (χ3v) is 7.57. The molecule has 3 aliphatic rings. The molecule has 5 nitrogen and oxygen atoms in total. The number of rotatable bonds is 4. The first-order valence-corrected chi connectivity index (χ1v) is 11.8. The fourth-order valence-electron chi connectivity index (χ4n) is 6.08. The highest BCUT2D eigenvalue weighted by Crippen LogP contribution is 2.45. The number of carbonyl (C=O) groups excluding carboxylic acids is 2. The molecule has 0 saturated carbocycles. The molecule has 1 amide bonds. The smallest absolute Gasteiger partial charge is 0.410 e. The topological polar surface area (TPSA) is 59.5 Å². The van der Waals surface area contributed by atoms with E-state index in [0.717, 1.165) is 12.8 Å². The Morgan fingerprint density at radius 1 is 0.848 bits per heavy atom. The average Bonchev–Trinajstić information content (AvgIpc) is 3.33. The summed E-state index contributed by atoms with van der Waals surface area (Å²) in [4.78, 5) is 32.3. The van der Waals surface area contributed by atoms with Gasteiger partial charge >= 0.3 is 6.09 Å². The van der Waals surface area contributed by atoms with E-state index in [4.69, 9.17) is 4.74 Å². The number of amides is 1. The number of ketones is 1. The van der Waals surface area contributed by atoms with E-state index in [-0.39, 0.29) is 35.8 Å². The van der Waals surface area contributed by atoms with E-state index in [2.05, 4.69) is 41.4 Å². The normalized spacial score (nSPS) is 23.2. The summed E-state index contributed by atoms with van der Waals surface area (Å²) in [5.74, 6) is 0.0806. The van der Waals surface area contributed by atoms with Crippen molar-refractivity contribution in [2.75, 3.05) is 6.61 Å². The number of ether oxygens (including phenoxy) is 1. The molecule has 2 atom stereocenters. The lowest BCUT2D eigenvalue weighted by molar-refractivity contribution is 0.0504. The van der Waals surface area contributed by atoms with Gasteiger partial charge in [-0.25, -0.2) is 4.79 Å². The van der Waals surface area contributed by atoms with Crippen LogP contribution in [-0.4, -0.2) is 40.5 Å². The van der Waals surface area contributed by atoms with Gasteiger partial charge in [0.05, 0.1) is 0 Å². The van der Waals surface area contributed by atoms with Crippen LogP contribution in [-0.2, 0) is 4.74 Å². The minimum atomic E-state index is -0.243. The van der Waals surface area contributed by atoms with E-state index in [1.807, 2.05) is 29.2 Å². The molecule has 2 unspecified atom stereocenters. The van der Waals surface area contributed by atoms with E-state index in [9.17, 15) is 9.59 Å². The fourth-order valence-corrected chi connectivity index (χ4v) is 6.08. The molecule has 3 aromatic rings. The van der Waals surface area contributed by atoms with Crippen LogP contribution in [0.15, 0.2) is 72.9 Å². The van der Waals surface area contributed by atoms with Crippen LogP contribution in [0.3, 0.4) is 0 Å². The van der Waals surface area contributed by atoms with Crippen molar-refractivity contribution in [2.45, 2.75) is 43.7 Å². The van der Waals surface area contributed by atoms with Crippen LogP contribution in [0, 0.1) is 5.92 Å². The Morgan fingerprint density at radius 3 is 2.06 bits per heavy atom. The molecule has 5 heteroatoms. The molecule has 2 fully saturated rings. The van der Waals surface area contributed by atoms with Crippen molar-refractivity contribution in [3.05, 3.63) is 89.7 Å².